The maximum atomic E-state index is 12.6. The number of nitrogens with zero attached hydrogens (tertiary/aromatic N) is 1. The second-order valence-corrected chi connectivity index (χ2v) is 7.99. The standard InChI is InChI=1S/C19H14ClN3O5S/c20-14-6-4-7-15(12-14)22-29(27,28)16-8-3-5-13(11-16)19(24)21-17-9-1-2-10-18(17)23(25)26/h1-12,22H,(H,21,24). The number of carbonyl (C=O) groups is 1. The number of amides is 1. The van der Waals surface area contributed by atoms with Crippen LogP contribution in [0.4, 0.5) is 17.1 Å². The van der Waals surface area contributed by atoms with Crippen LogP contribution >= 0.6 is 11.6 Å². The van der Waals surface area contributed by atoms with Crippen molar-refractivity contribution in [2.24, 2.45) is 0 Å². The van der Waals surface area contributed by atoms with Crippen LogP contribution < -0.4 is 10.0 Å². The molecule has 0 saturated heterocycles. The number of hydrogen-bond donors (Lipinski definition) is 2. The molecule has 0 aliphatic rings. The molecule has 3 rings (SSSR count). The molecule has 3 aromatic carbocycles. The van der Waals surface area contributed by atoms with Gasteiger partial charge in [-0.3, -0.25) is 19.6 Å². The van der Waals surface area contributed by atoms with Gasteiger partial charge < -0.3 is 5.32 Å². The predicted molar refractivity (Wildman–Crippen MR) is 110 cm³/mol. The first-order valence-corrected chi connectivity index (χ1v) is 10.1. The minimum absolute atomic E-state index is 0.00723. The van der Waals surface area contributed by atoms with Gasteiger partial charge in [0.05, 0.1) is 15.5 Å². The molecular weight excluding hydrogens is 418 g/mol. The van der Waals surface area contributed by atoms with Crippen LogP contribution in [0.1, 0.15) is 10.4 Å². The number of nitro groups is 1. The third-order valence-electron chi connectivity index (χ3n) is 3.83. The van der Waals surface area contributed by atoms with Crippen molar-refractivity contribution in [3.8, 4) is 0 Å². The first-order valence-electron chi connectivity index (χ1n) is 8.19. The van der Waals surface area contributed by atoms with Crippen LogP contribution in [0.2, 0.25) is 5.02 Å². The summed E-state index contributed by atoms with van der Waals surface area (Å²) in [6.07, 6.45) is 0. The highest BCUT2D eigenvalue weighted by molar-refractivity contribution is 7.92. The van der Waals surface area contributed by atoms with Gasteiger partial charge in [0.25, 0.3) is 21.6 Å². The lowest BCUT2D eigenvalue weighted by Crippen LogP contribution is -2.16. The molecule has 0 aliphatic heterocycles. The van der Waals surface area contributed by atoms with Gasteiger partial charge in [0.1, 0.15) is 5.69 Å². The summed E-state index contributed by atoms with van der Waals surface area (Å²) >= 11 is 5.86. The maximum Gasteiger partial charge on any atom is 0.292 e. The summed E-state index contributed by atoms with van der Waals surface area (Å²) in [4.78, 5) is 22.8. The quantitative estimate of drug-likeness (QED) is 0.445. The second-order valence-electron chi connectivity index (χ2n) is 5.87. The van der Waals surface area contributed by atoms with Crippen LogP contribution in [0.25, 0.3) is 0 Å². The first kappa shape index (κ1) is 20.3. The Balaban J connectivity index is 1.85. The maximum absolute atomic E-state index is 12.6. The van der Waals surface area contributed by atoms with E-state index >= 15 is 0 Å². The lowest BCUT2D eigenvalue weighted by atomic mass is 10.2. The topological polar surface area (TPSA) is 118 Å². The van der Waals surface area contributed by atoms with Gasteiger partial charge >= 0.3 is 0 Å². The van der Waals surface area contributed by atoms with E-state index in [1.807, 2.05) is 0 Å². The van der Waals surface area contributed by atoms with Crippen molar-refractivity contribution in [3.05, 3.63) is 93.5 Å². The summed E-state index contributed by atoms with van der Waals surface area (Å²) in [5.41, 5.74) is 0.0319. The fraction of sp³-hybridized carbons (Fsp3) is 0. The van der Waals surface area contributed by atoms with Crippen molar-refractivity contribution in [1.82, 2.24) is 0 Å². The number of rotatable bonds is 6. The van der Waals surface area contributed by atoms with Gasteiger partial charge in [-0.1, -0.05) is 35.9 Å². The molecule has 0 bridgehead atoms. The lowest BCUT2D eigenvalue weighted by molar-refractivity contribution is -0.383. The van der Waals surface area contributed by atoms with E-state index in [1.165, 1.54) is 54.6 Å². The van der Waals surface area contributed by atoms with E-state index in [0.717, 1.165) is 0 Å². The Bertz CT molecular complexity index is 1200. The summed E-state index contributed by atoms with van der Waals surface area (Å²) < 4.78 is 27.6. The summed E-state index contributed by atoms with van der Waals surface area (Å²) in [6.45, 7) is 0. The molecule has 148 valence electrons. The van der Waals surface area contributed by atoms with Gasteiger partial charge in [0.2, 0.25) is 0 Å². The Hall–Kier alpha value is -3.43. The number of nitro benzene ring substituents is 1. The monoisotopic (exact) mass is 431 g/mol. The van der Waals surface area contributed by atoms with Crippen molar-refractivity contribution in [3.63, 3.8) is 0 Å². The lowest BCUT2D eigenvalue weighted by Gasteiger charge is -2.10. The van der Waals surface area contributed by atoms with E-state index in [-0.39, 0.29) is 27.5 Å². The normalized spacial score (nSPS) is 10.9. The molecule has 29 heavy (non-hydrogen) atoms. The fourth-order valence-electron chi connectivity index (χ4n) is 2.50. The number of anilines is 2. The van der Waals surface area contributed by atoms with E-state index in [2.05, 4.69) is 10.0 Å². The van der Waals surface area contributed by atoms with Gasteiger partial charge in [0.15, 0.2) is 0 Å². The SMILES string of the molecule is O=C(Nc1ccccc1[N+](=O)[O-])c1cccc(S(=O)(=O)Nc2cccc(Cl)c2)c1. The molecule has 0 fully saturated rings. The van der Waals surface area contributed by atoms with Crippen LogP contribution in [0.15, 0.2) is 77.7 Å². The summed E-state index contributed by atoms with van der Waals surface area (Å²) in [5.74, 6) is -0.681. The van der Waals surface area contributed by atoms with Crippen molar-refractivity contribution >= 4 is 44.6 Å². The van der Waals surface area contributed by atoms with E-state index in [9.17, 15) is 23.3 Å². The van der Waals surface area contributed by atoms with Gasteiger partial charge in [-0.2, -0.15) is 0 Å². The molecule has 0 unspecified atom stereocenters. The average molecular weight is 432 g/mol. The van der Waals surface area contributed by atoms with E-state index in [1.54, 1.807) is 18.2 Å². The van der Waals surface area contributed by atoms with Crippen LogP contribution in [0, 0.1) is 10.1 Å². The molecule has 0 aromatic heterocycles. The molecule has 0 spiro atoms. The van der Waals surface area contributed by atoms with Crippen LogP contribution in [0.5, 0.6) is 0 Å². The Morgan fingerprint density at radius 3 is 2.41 bits per heavy atom. The summed E-state index contributed by atoms with van der Waals surface area (Å²) in [6, 6.07) is 17.2. The van der Waals surface area contributed by atoms with Crippen LogP contribution in [-0.4, -0.2) is 19.2 Å². The second kappa shape index (κ2) is 8.29. The Kier molecular flexibility index (Phi) is 5.81. The molecular formula is C19H14ClN3O5S. The van der Waals surface area contributed by atoms with Gasteiger partial charge in [-0.15, -0.1) is 0 Å². The highest BCUT2D eigenvalue weighted by atomic mass is 35.5. The van der Waals surface area contributed by atoms with Crippen molar-refractivity contribution in [2.45, 2.75) is 4.90 Å². The van der Waals surface area contributed by atoms with E-state index in [0.29, 0.717) is 5.02 Å². The zero-order valence-electron chi connectivity index (χ0n) is 14.7. The van der Waals surface area contributed by atoms with E-state index < -0.39 is 20.9 Å². The Morgan fingerprint density at radius 1 is 0.966 bits per heavy atom. The molecule has 8 nitrogen and oxygen atoms in total. The predicted octanol–water partition coefficient (Wildman–Crippen LogP) is 4.30. The number of benzene rings is 3. The van der Waals surface area contributed by atoms with Crippen molar-refractivity contribution < 1.29 is 18.1 Å². The van der Waals surface area contributed by atoms with Crippen molar-refractivity contribution in [2.75, 3.05) is 10.0 Å². The molecule has 0 saturated carbocycles. The average Bonchev–Trinajstić information content (AvgIpc) is 2.68. The molecule has 0 heterocycles. The number of carbonyl (C=O) groups excluding carboxylic acids is 1. The molecule has 0 radical (unpaired) electrons. The third-order valence-corrected chi connectivity index (χ3v) is 5.45. The first-order chi connectivity index (χ1) is 13.8. The van der Waals surface area contributed by atoms with Gasteiger partial charge in [-0.05, 0) is 42.5 Å². The molecule has 2 N–H and O–H groups in total. The van der Waals surface area contributed by atoms with Gasteiger partial charge in [-0.25, -0.2) is 8.42 Å². The number of hydrogen-bond acceptors (Lipinski definition) is 5. The molecule has 3 aromatic rings. The highest BCUT2D eigenvalue weighted by Gasteiger charge is 2.19. The smallest absolute Gasteiger partial charge is 0.292 e. The zero-order valence-corrected chi connectivity index (χ0v) is 16.3. The van der Waals surface area contributed by atoms with Crippen LogP contribution in [0.3, 0.4) is 0 Å². The number of nitrogens with one attached hydrogen (secondary N) is 2. The largest absolute Gasteiger partial charge is 0.316 e. The minimum Gasteiger partial charge on any atom is -0.316 e. The number of sulfonamides is 1. The minimum atomic E-state index is -3.98. The number of halogens is 1. The Morgan fingerprint density at radius 2 is 1.69 bits per heavy atom. The van der Waals surface area contributed by atoms with Crippen molar-refractivity contribution in [1.29, 1.82) is 0 Å². The molecule has 10 heteroatoms. The van der Waals surface area contributed by atoms with E-state index in [4.69, 9.17) is 11.6 Å². The van der Waals surface area contributed by atoms with Crippen LogP contribution in [-0.2, 0) is 10.0 Å². The molecule has 0 aliphatic carbocycles. The highest BCUT2D eigenvalue weighted by Crippen LogP contribution is 2.24. The van der Waals surface area contributed by atoms with Gasteiger partial charge in [0, 0.05) is 16.7 Å². The molecule has 1 amide bonds. The molecule has 0 atom stereocenters. The Labute approximate surface area is 171 Å². The summed E-state index contributed by atoms with van der Waals surface area (Å²) in [7, 11) is -3.98. The number of para-hydroxylation sites is 2. The fourth-order valence-corrected chi connectivity index (χ4v) is 3.79. The third kappa shape index (κ3) is 4.89. The zero-order chi connectivity index (χ0) is 21.0. The summed E-state index contributed by atoms with van der Waals surface area (Å²) in [5, 5.41) is 13.9.